The number of ether oxygens (including phenoxy) is 2. The minimum Gasteiger partial charge on any atom is -0.496 e. The van der Waals surface area contributed by atoms with Gasteiger partial charge in [-0.25, -0.2) is 9.37 Å². The number of carbonyl (C=O) groups is 1. The predicted octanol–water partition coefficient (Wildman–Crippen LogP) is 4.44. The third-order valence-corrected chi connectivity index (χ3v) is 5.13. The number of hydrogen-bond donors (Lipinski definition) is 1. The number of nitrogens with one attached hydrogen (secondary N) is 1. The number of methoxy groups -OCH3 is 1. The van der Waals surface area contributed by atoms with Crippen LogP contribution in [0.3, 0.4) is 0 Å². The molecule has 0 aliphatic rings. The summed E-state index contributed by atoms with van der Waals surface area (Å²) in [5.74, 6) is 0.384. The maximum absolute atomic E-state index is 13.7. The molecule has 4 aromatic rings. The predicted molar refractivity (Wildman–Crippen MR) is 119 cm³/mol. The number of amides is 1. The van der Waals surface area contributed by atoms with Crippen LogP contribution in [0.25, 0.3) is 22.0 Å². The van der Waals surface area contributed by atoms with Gasteiger partial charge >= 0.3 is 0 Å². The van der Waals surface area contributed by atoms with Crippen molar-refractivity contribution in [3.8, 4) is 22.8 Å². The fourth-order valence-corrected chi connectivity index (χ4v) is 3.58. The average molecular weight is 434 g/mol. The Hall–Kier alpha value is -3.94. The quantitative estimate of drug-likeness (QED) is 0.465. The summed E-state index contributed by atoms with van der Waals surface area (Å²) in [7, 11) is 3.31. The van der Waals surface area contributed by atoms with Crippen molar-refractivity contribution in [2.45, 2.75) is 13.5 Å². The van der Waals surface area contributed by atoms with E-state index in [9.17, 15) is 9.18 Å². The molecule has 32 heavy (non-hydrogen) atoms. The van der Waals surface area contributed by atoms with Crippen molar-refractivity contribution in [2.75, 3.05) is 20.8 Å². The molecular weight excluding hydrogens is 411 g/mol. The third-order valence-electron chi connectivity index (χ3n) is 5.13. The fraction of sp³-hybridized carbons (Fsp3) is 0.208. The highest BCUT2D eigenvalue weighted by molar-refractivity contribution is 5.93. The molecule has 0 aliphatic heterocycles. The Bertz CT molecular complexity index is 1270. The topological polar surface area (TPSA) is 80.3 Å². The van der Waals surface area contributed by atoms with E-state index in [1.165, 1.54) is 12.1 Å². The minimum absolute atomic E-state index is 0.241. The highest BCUT2D eigenvalue weighted by atomic mass is 19.1. The zero-order chi connectivity index (χ0) is 22.7. The molecular formula is C24H23FN4O3. The number of nitrogens with zero attached hydrogens (tertiary/aromatic N) is 3. The summed E-state index contributed by atoms with van der Waals surface area (Å²) in [4.78, 5) is 19.1. The van der Waals surface area contributed by atoms with Gasteiger partial charge in [-0.05, 0) is 48.4 Å². The maximum Gasteiger partial charge on any atom is 0.272 e. The molecule has 0 unspecified atom stereocenters. The zero-order valence-electron chi connectivity index (χ0n) is 18.1. The van der Waals surface area contributed by atoms with Gasteiger partial charge in [-0.3, -0.25) is 9.89 Å². The van der Waals surface area contributed by atoms with Crippen LogP contribution >= 0.6 is 0 Å². The highest BCUT2D eigenvalue weighted by Gasteiger charge is 2.19. The number of aromatic amines is 1. The number of halogens is 1. The molecule has 2 heterocycles. The first-order valence-corrected chi connectivity index (χ1v) is 10.2. The number of pyridine rings is 1. The highest BCUT2D eigenvalue weighted by Crippen LogP contribution is 2.30. The lowest BCUT2D eigenvalue weighted by molar-refractivity contribution is 0.0778. The molecule has 0 atom stereocenters. The molecule has 164 valence electrons. The Balaban J connectivity index is 1.61. The monoisotopic (exact) mass is 434 g/mol. The third kappa shape index (κ3) is 4.12. The summed E-state index contributed by atoms with van der Waals surface area (Å²) < 4.78 is 24.7. The molecule has 2 aromatic heterocycles. The molecule has 7 nitrogen and oxygen atoms in total. The Kier molecular flexibility index (Phi) is 6.02. The molecule has 1 N–H and O–H groups in total. The van der Waals surface area contributed by atoms with E-state index in [1.807, 2.05) is 19.1 Å². The van der Waals surface area contributed by atoms with Crippen molar-refractivity contribution >= 4 is 16.8 Å². The second-order valence-corrected chi connectivity index (χ2v) is 7.24. The van der Waals surface area contributed by atoms with E-state index in [4.69, 9.17) is 9.47 Å². The van der Waals surface area contributed by atoms with Crippen molar-refractivity contribution < 1.29 is 18.7 Å². The Morgan fingerprint density at radius 1 is 1.19 bits per heavy atom. The zero-order valence-corrected chi connectivity index (χ0v) is 18.1. The van der Waals surface area contributed by atoms with Crippen molar-refractivity contribution in [1.82, 2.24) is 20.1 Å². The van der Waals surface area contributed by atoms with Crippen LogP contribution in [0.15, 0.2) is 54.7 Å². The van der Waals surface area contributed by atoms with Crippen LogP contribution < -0.4 is 9.47 Å². The van der Waals surface area contributed by atoms with Gasteiger partial charge in [0.1, 0.15) is 17.3 Å². The number of H-pyrrole nitrogens is 1. The van der Waals surface area contributed by atoms with Gasteiger partial charge in [0.05, 0.1) is 30.8 Å². The molecule has 2 aromatic carbocycles. The molecule has 0 aliphatic carbocycles. The van der Waals surface area contributed by atoms with E-state index < -0.39 is 0 Å². The van der Waals surface area contributed by atoms with E-state index in [1.54, 1.807) is 49.5 Å². The van der Waals surface area contributed by atoms with Crippen LogP contribution in [0.1, 0.15) is 23.0 Å². The molecule has 4 rings (SSSR count). The van der Waals surface area contributed by atoms with E-state index in [0.29, 0.717) is 30.0 Å². The van der Waals surface area contributed by atoms with Crippen molar-refractivity contribution in [3.05, 3.63) is 71.8 Å². The Morgan fingerprint density at radius 2 is 2.03 bits per heavy atom. The van der Waals surface area contributed by atoms with E-state index >= 15 is 0 Å². The first kappa shape index (κ1) is 21.3. The van der Waals surface area contributed by atoms with E-state index in [0.717, 1.165) is 16.5 Å². The van der Waals surface area contributed by atoms with Crippen LogP contribution in [0.4, 0.5) is 4.39 Å². The first-order valence-electron chi connectivity index (χ1n) is 10.2. The maximum atomic E-state index is 13.7. The number of rotatable bonds is 7. The fourth-order valence-electron chi connectivity index (χ4n) is 3.58. The second-order valence-electron chi connectivity index (χ2n) is 7.24. The normalized spacial score (nSPS) is 10.9. The van der Waals surface area contributed by atoms with Gasteiger partial charge in [0.2, 0.25) is 5.88 Å². The molecule has 0 bridgehead atoms. The lowest BCUT2D eigenvalue weighted by atomic mass is 10.1. The van der Waals surface area contributed by atoms with Crippen LogP contribution in [0.5, 0.6) is 11.6 Å². The number of fused-ring (bicyclic) bond motifs is 1. The first-order chi connectivity index (χ1) is 15.5. The lowest BCUT2D eigenvalue weighted by Gasteiger charge is -2.19. The van der Waals surface area contributed by atoms with Gasteiger partial charge < -0.3 is 14.4 Å². The summed E-state index contributed by atoms with van der Waals surface area (Å²) in [6.45, 7) is 2.54. The van der Waals surface area contributed by atoms with Crippen LogP contribution in [0, 0.1) is 5.82 Å². The van der Waals surface area contributed by atoms with Crippen molar-refractivity contribution in [2.24, 2.45) is 0 Å². The number of aromatic nitrogens is 3. The van der Waals surface area contributed by atoms with Gasteiger partial charge in [-0.1, -0.05) is 18.2 Å². The number of carbonyl (C=O) groups excluding carboxylic acids is 1. The average Bonchev–Trinajstić information content (AvgIpc) is 3.29. The van der Waals surface area contributed by atoms with Gasteiger partial charge in [-0.15, -0.1) is 0 Å². The summed E-state index contributed by atoms with van der Waals surface area (Å²) in [5, 5.41) is 7.91. The summed E-state index contributed by atoms with van der Waals surface area (Å²) in [5.41, 5.74) is 3.21. The lowest BCUT2D eigenvalue weighted by Crippen LogP contribution is -2.27. The molecule has 0 spiro atoms. The van der Waals surface area contributed by atoms with Crippen LogP contribution in [0.2, 0.25) is 0 Å². The Labute approximate surface area is 184 Å². The second kappa shape index (κ2) is 9.05. The van der Waals surface area contributed by atoms with Crippen molar-refractivity contribution in [1.29, 1.82) is 0 Å². The van der Waals surface area contributed by atoms with Gasteiger partial charge in [0.15, 0.2) is 0 Å². The Morgan fingerprint density at radius 3 is 2.78 bits per heavy atom. The van der Waals surface area contributed by atoms with Gasteiger partial charge in [0, 0.05) is 19.2 Å². The van der Waals surface area contributed by atoms with E-state index in [2.05, 4.69) is 15.2 Å². The number of hydrogen-bond acceptors (Lipinski definition) is 5. The molecule has 0 saturated heterocycles. The summed E-state index contributed by atoms with van der Waals surface area (Å²) >= 11 is 0. The van der Waals surface area contributed by atoms with Crippen LogP contribution in [-0.4, -0.2) is 46.8 Å². The minimum atomic E-state index is -0.352. The summed E-state index contributed by atoms with van der Waals surface area (Å²) in [6, 6.07) is 13.3. The molecule has 0 fully saturated rings. The molecule has 0 radical (unpaired) electrons. The van der Waals surface area contributed by atoms with E-state index in [-0.39, 0.29) is 23.3 Å². The number of benzene rings is 2. The molecule has 8 heteroatoms. The largest absolute Gasteiger partial charge is 0.496 e. The smallest absolute Gasteiger partial charge is 0.272 e. The molecule has 0 saturated carbocycles. The molecule has 1 amide bonds. The summed E-state index contributed by atoms with van der Waals surface area (Å²) in [6.07, 6.45) is 1.69. The van der Waals surface area contributed by atoms with Crippen LogP contribution in [-0.2, 0) is 6.54 Å². The van der Waals surface area contributed by atoms with Gasteiger partial charge in [-0.2, -0.15) is 5.10 Å². The van der Waals surface area contributed by atoms with Crippen molar-refractivity contribution in [3.63, 3.8) is 0 Å². The standard InChI is InChI=1S/C24H23FN4O3/c1-4-32-23-18(15-6-5-7-17(25)12-15)9-10-20(27-23)24(30)29(2)14-16-8-11-21(31-3)19-13-26-28-22(16)19/h5-13H,4,14H2,1-3H3,(H,26,28). The van der Waals surface area contributed by atoms with Gasteiger partial charge in [0.25, 0.3) is 5.91 Å². The SMILES string of the molecule is CCOc1nc(C(=O)N(C)Cc2ccc(OC)c3cn[nH]c23)ccc1-c1cccc(F)c1.